The molecule has 6 nitrogen and oxygen atoms in total. The minimum atomic E-state index is -0.660. The Morgan fingerprint density at radius 3 is 2.82 bits per heavy atom. The monoisotopic (exact) mass is 240 g/mol. The van der Waals surface area contributed by atoms with Gasteiger partial charge in [0.1, 0.15) is 11.4 Å². The van der Waals surface area contributed by atoms with Crippen LogP contribution in [0.3, 0.4) is 0 Å². The molecule has 6 heteroatoms. The van der Waals surface area contributed by atoms with E-state index >= 15 is 0 Å². The molecule has 1 atom stereocenters. The third kappa shape index (κ3) is 3.67. The Balaban J connectivity index is 2.86. The highest BCUT2D eigenvalue weighted by atomic mass is 16.5. The van der Waals surface area contributed by atoms with Crippen molar-refractivity contribution in [2.24, 2.45) is 0 Å². The Hall–Kier alpha value is -1.69. The van der Waals surface area contributed by atoms with E-state index in [1.54, 1.807) is 14.0 Å². The first kappa shape index (κ1) is 13.4. The fraction of sp³-hybridized carbons (Fsp3) is 0.545. The third-order valence-corrected chi connectivity index (χ3v) is 2.23. The molecule has 0 saturated carbocycles. The zero-order valence-corrected chi connectivity index (χ0v) is 10.1. The van der Waals surface area contributed by atoms with Crippen LogP contribution in [-0.4, -0.2) is 35.8 Å². The highest BCUT2D eigenvalue weighted by molar-refractivity contribution is 5.88. The summed E-state index contributed by atoms with van der Waals surface area (Å²) in [5, 5.41) is 0. The summed E-state index contributed by atoms with van der Waals surface area (Å²) < 4.78 is 9.78. The van der Waals surface area contributed by atoms with Crippen molar-refractivity contribution in [3.05, 3.63) is 27.9 Å². The first-order chi connectivity index (χ1) is 8.08. The maximum atomic E-state index is 11.6. The van der Waals surface area contributed by atoms with Crippen molar-refractivity contribution in [1.82, 2.24) is 9.97 Å². The van der Waals surface area contributed by atoms with Crippen molar-refractivity contribution in [3.63, 3.8) is 0 Å². The molecule has 0 bridgehead atoms. The first-order valence-electron chi connectivity index (χ1n) is 5.36. The van der Waals surface area contributed by atoms with Crippen LogP contribution >= 0.6 is 0 Å². The van der Waals surface area contributed by atoms with Gasteiger partial charge in [-0.1, -0.05) is 0 Å². The lowest BCUT2D eigenvalue weighted by molar-refractivity contribution is 0.0523. The van der Waals surface area contributed by atoms with E-state index in [0.29, 0.717) is 12.2 Å². The number of methoxy groups -OCH3 is 1. The summed E-state index contributed by atoms with van der Waals surface area (Å²) in [5.41, 5.74) is -0.572. The number of aromatic nitrogens is 2. The van der Waals surface area contributed by atoms with Crippen LogP contribution in [0.2, 0.25) is 0 Å². The lowest BCUT2D eigenvalue weighted by atomic mass is 10.2. The second-order valence-corrected chi connectivity index (χ2v) is 3.54. The van der Waals surface area contributed by atoms with Gasteiger partial charge < -0.3 is 14.5 Å². The molecule has 1 heterocycles. The van der Waals surface area contributed by atoms with Crippen molar-refractivity contribution >= 4 is 5.97 Å². The van der Waals surface area contributed by atoms with E-state index < -0.39 is 11.5 Å². The second kappa shape index (κ2) is 6.15. The summed E-state index contributed by atoms with van der Waals surface area (Å²) in [6.45, 7) is 3.76. The minimum absolute atomic E-state index is 0.0495. The van der Waals surface area contributed by atoms with Crippen molar-refractivity contribution in [1.29, 1.82) is 0 Å². The van der Waals surface area contributed by atoms with Gasteiger partial charge in [0, 0.05) is 19.7 Å². The number of H-pyrrole nitrogens is 1. The van der Waals surface area contributed by atoms with Crippen molar-refractivity contribution in [2.75, 3.05) is 13.7 Å². The van der Waals surface area contributed by atoms with Gasteiger partial charge in [0.2, 0.25) is 0 Å². The largest absolute Gasteiger partial charge is 0.462 e. The van der Waals surface area contributed by atoms with Gasteiger partial charge in [-0.3, -0.25) is 4.79 Å². The molecule has 0 aliphatic rings. The topological polar surface area (TPSA) is 81.3 Å². The molecule has 1 N–H and O–H groups in total. The maximum absolute atomic E-state index is 11.6. The molecule has 0 aliphatic carbocycles. The smallest absolute Gasteiger partial charge is 0.345 e. The van der Waals surface area contributed by atoms with Gasteiger partial charge in [-0.15, -0.1) is 0 Å². The van der Waals surface area contributed by atoms with Crippen LogP contribution in [0.4, 0.5) is 0 Å². The minimum Gasteiger partial charge on any atom is -0.462 e. The molecule has 1 unspecified atom stereocenters. The molecule has 0 radical (unpaired) electrons. The highest BCUT2D eigenvalue weighted by Crippen LogP contribution is 1.99. The zero-order valence-electron chi connectivity index (χ0n) is 10.1. The predicted octanol–water partition coefficient (Wildman–Crippen LogP) is 0.524. The number of nitrogens with zero attached hydrogens (tertiary/aromatic N) is 1. The van der Waals surface area contributed by atoms with Crippen molar-refractivity contribution in [2.45, 2.75) is 26.4 Å². The van der Waals surface area contributed by atoms with Crippen LogP contribution in [0.1, 0.15) is 30.0 Å². The van der Waals surface area contributed by atoms with Gasteiger partial charge >= 0.3 is 5.97 Å². The number of hydrogen-bond acceptors (Lipinski definition) is 5. The Morgan fingerprint density at radius 1 is 1.59 bits per heavy atom. The van der Waals surface area contributed by atoms with E-state index in [1.807, 2.05) is 6.92 Å². The van der Waals surface area contributed by atoms with Gasteiger partial charge in [-0.25, -0.2) is 9.78 Å². The lowest BCUT2D eigenvalue weighted by Crippen LogP contribution is -2.23. The van der Waals surface area contributed by atoms with Crippen LogP contribution in [-0.2, 0) is 15.9 Å². The molecule has 94 valence electrons. The lowest BCUT2D eigenvalue weighted by Gasteiger charge is -2.08. The summed E-state index contributed by atoms with van der Waals surface area (Å²) >= 11 is 0. The Kier molecular flexibility index (Phi) is 4.84. The summed E-state index contributed by atoms with van der Waals surface area (Å²) in [6, 6.07) is 0. The molecular weight excluding hydrogens is 224 g/mol. The molecule has 17 heavy (non-hydrogen) atoms. The molecule has 0 aromatic carbocycles. The molecular formula is C11H16N2O4. The Bertz CT molecular complexity index is 441. The number of rotatable bonds is 5. The van der Waals surface area contributed by atoms with E-state index in [-0.39, 0.29) is 18.3 Å². The highest BCUT2D eigenvalue weighted by Gasteiger charge is 2.13. The quantitative estimate of drug-likeness (QED) is 0.759. The van der Waals surface area contributed by atoms with Gasteiger partial charge in [-0.2, -0.15) is 0 Å². The number of nitrogens with one attached hydrogen (secondary N) is 1. The number of ether oxygens (including phenoxy) is 2. The molecule has 0 saturated heterocycles. The summed E-state index contributed by atoms with van der Waals surface area (Å²) in [7, 11) is 1.58. The number of carbonyl (C=O) groups excluding carboxylic acids is 1. The van der Waals surface area contributed by atoms with E-state index in [0.717, 1.165) is 0 Å². The molecule has 1 aromatic rings. The van der Waals surface area contributed by atoms with Gasteiger partial charge in [0.25, 0.3) is 5.56 Å². The number of aromatic amines is 1. The van der Waals surface area contributed by atoms with Crippen LogP contribution in [0, 0.1) is 0 Å². The first-order valence-corrected chi connectivity index (χ1v) is 5.36. The molecule has 0 amide bonds. The fourth-order valence-corrected chi connectivity index (χ4v) is 1.25. The normalized spacial score (nSPS) is 12.2. The summed E-state index contributed by atoms with van der Waals surface area (Å²) in [4.78, 5) is 29.5. The Morgan fingerprint density at radius 2 is 2.29 bits per heavy atom. The van der Waals surface area contributed by atoms with Crippen LogP contribution in [0.5, 0.6) is 0 Å². The molecule has 0 spiro atoms. The van der Waals surface area contributed by atoms with Gasteiger partial charge in [0.15, 0.2) is 0 Å². The van der Waals surface area contributed by atoms with E-state index in [2.05, 4.69) is 9.97 Å². The third-order valence-electron chi connectivity index (χ3n) is 2.23. The number of carbonyl (C=O) groups is 1. The molecule has 1 aromatic heterocycles. The van der Waals surface area contributed by atoms with Crippen LogP contribution in [0.25, 0.3) is 0 Å². The summed E-state index contributed by atoms with van der Waals surface area (Å²) in [6.07, 6.45) is 1.66. The SMILES string of the molecule is CCOC(=O)c1cnc(CC(C)OC)[nH]c1=O. The van der Waals surface area contributed by atoms with Crippen LogP contribution in [0.15, 0.2) is 11.0 Å². The molecule has 0 aliphatic heterocycles. The van der Waals surface area contributed by atoms with Crippen LogP contribution < -0.4 is 5.56 Å². The maximum Gasteiger partial charge on any atom is 0.345 e. The fourth-order valence-electron chi connectivity index (χ4n) is 1.25. The van der Waals surface area contributed by atoms with Crippen molar-refractivity contribution in [3.8, 4) is 0 Å². The van der Waals surface area contributed by atoms with E-state index in [4.69, 9.17) is 9.47 Å². The predicted molar refractivity (Wildman–Crippen MR) is 61.0 cm³/mol. The number of hydrogen-bond donors (Lipinski definition) is 1. The summed E-state index contributed by atoms with van der Waals surface area (Å²) in [5.74, 6) is -0.176. The standard InChI is InChI=1S/C11H16N2O4/c1-4-17-11(15)8-6-12-9(13-10(8)14)5-7(2)16-3/h6-7H,4-5H2,1-3H3,(H,12,13,14). The van der Waals surface area contributed by atoms with Gasteiger partial charge in [-0.05, 0) is 13.8 Å². The average molecular weight is 240 g/mol. The molecule has 1 rings (SSSR count). The van der Waals surface area contributed by atoms with E-state index in [1.165, 1.54) is 6.20 Å². The zero-order chi connectivity index (χ0) is 12.8. The Labute approximate surface area is 99.0 Å². The van der Waals surface area contributed by atoms with E-state index in [9.17, 15) is 9.59 Å². The average Bonchev–Trinajstić information content (AvgIpc) is 2.29. The molecule has 0 fully saturated rings. The second-order valence-electron chi connectivity index (χ2n) is 3.54. The number of esters is 1. The van der Waals surface area contributed by atoms with Gasteiger partial charge in [0.05, 0.1) is 12.7 Å². The van der Waals surface area contributed by atoms with Crippen molar-refractivity contribution < 1.29 is 14.3 Å².